The van der Waals surface area contributed by atoms with E-state index in [0.29, 0.717) is 5.56 Å². The number of aromatic amines is 1. The average Bonchev–Trinajstić information content (AvgIpc) is 2.81. The zero-order chi connectivity index (χ0) is 14.0. The molecule has 0 spiro atoms. The Morgan fingerprint density at radius 1 is 1.47 bits per heavy atom. The lowest BCUT2D eigenvalue weighted by Crippen LogP contribution is -2.43. The second kappa shape index (κ2) is 5.11. The summed E-state index contributed by atoms with van der Waals surface area (Å²) in [6, 6.07) is 5.18. The van der Waals surface area contributed by atoms with Crippen molar-refractivity contribution in [2.75, 3.05) is 6.54 Å². The van der Waals surface area contributed by atoms with Gasteiger partial charge in [-0.2, -0.15) is 0 Å². The number of ketones is 1. The van der Waals surface area contributed by atoms with Gasteiger partial charge in [-0.05, 0) is 39.0 Å². The first-order valence-corrected chi connectivity index (χ1v) is 6.27. The fraction of sp³-hybridized carbons (Fsp3) is 0.429. The first-order chi connectivity index (χ1) is 8.87. The van der Waals surface area contributed by atoms with Gasteiger partial charge in [-0.3, -0.25) is 4.79 Å². The molecule has 1 atom stereocenters. The lowest BCUT2D eigenvalue weighted by molar-refractivity contribution is 0.0734. The number of hydrogen-bond donors (Lipinski definition) is 3. The van der Waals surface area contributed by atoms with Crippen LogP contribution in [0.3, 0.4) is 0 Å². The molecule has 2 aromatic rings. The molecule has 1 unspecified atom stereocenters. The Morgan fingerprint density at radius 2 is 2.21 bits per heavy atom. The fourth-order valence-corrected chi connectivity index (χ4v) is 1.77. The van der Waals surface area contributed by atoms with Gasteiger partial charge < -0.3 is 15.4 Å². The van der Waals surface area contributed by atoms with Crippen molar-refractivity contribution in [1.82, 2.24) is 15.3 Å². The minimum absolute atomic E-state index is 0.132. The van der Waals surface area contributed by atoms with E-state index in [1.165, 1.54) is 0 Å². The van der Waals surface area contributed by atoms with Crippen LogP contribution in [0.5, 0.6) is 0 Å². The highest BCUT2D eigenvalue weighted by atomic mass is 16.3. The van der Waals surface area contributed by atoms with Crippen LogP contribution in [0.1, 0.15) is 31.1 Å². The Hall–Kier alpha value is -1.72. The summed E-state index contributed by atoms with van der Waals surface area (Å²) in [5.41, 5.74) is 1.94. The maximum atomic E-state index is 12.1. The van der Waals surface area contributed by atoms with Crippen molar-refractivity contribution in [1.29, 1.82) is 0 Å². The highest BCUT2D eigenvalue weighted by Gasteiger charge is 2.20. The van der Waals surface area contributed by atoms with Crippen LogP contribution in [-0.4, -0.2) is 39.0 Å². The molecule has 1 heterocycles. The molecule has 0 aliphatic heterocycles. The Balaban J connectivity index is 2.09. The van der Waals surface area contributed by atoms with Gasteiger partial charge in [0.05, 0.1) is 17.4 Å². The lowest BCUT2D eigenvalue weighted by atomic mass is 10.0. The largest absolute Gasteiger partial charge is 0.384 e. The molecule has 102 valence electrons. The topological polar surface area (TPSA) is 78.0 Å². The number of rotatable bonds is 4. The smallest absolute Gasteiger partial charge is 0.192 e. The summed E-state index contributed by atoms with van der Waals surface area (Å²) in [5, 5.41) is 13.0. The molecule has 0 radical (unpaired) electrons. The number of hydrogen-bond acceptors (Lipinski definition) is 4. The molecule has 5 heteroatoms. The van der Waals surface area contributed by atoms with Crippen molar-refractivity contribution in [3.63, 3.8) is 0 Å². The van der Waals surface area contributed by atoms with E-state index in [9.17, 15) is 9.90 Å². The SMILES string of the molecule is CC(C)(C)NCC(O)C(=O)c1ccc2[nH]cnc2c1. The number of Topliss-reactive ketones (excluding diaryl/α,β-unsaturated/α-hetero) is 1. The van der Waals surface area contributed by atoms with Crippen molar-refractivity contribution in [3.05, 3.63) is 30.1 Å². The third kappa shape index (κ3) is 3.39. The fourth-order valence-electron chi connectivity index (χ4n) is 1.77. The zero-order valence-electron chi connectivity index (χ0n) is 11.4. The highest BCUT2D eigenvalue weighted by Crippen LogP contribution is 2.13. The Bertz CT molecular complexity index is 584. The molecule has 0 saturated heterocycles. The summed E-state index contributed by atoms with van der Waals surface area (Å²) in [5.74, 6) is -0.290. The van der Waals surface area contributed by atoms with Gasteiger partial charge >= 0.3 is 0 Å². The maximum absolute atomic E-state index is 12.1. The van der Waals surface area contributed by atoms with Crippen LogP contribution >= 0.6 is 0 Å². The molecule has 0 saturated carbocycles. The second-order valence-corrected chi connectivity index (χ2v) is 5.65. The first kappa shape index (κ1) is 13.7. The maximum Gasteiger partial charge on any atom is 0.192 e. The third-order valence-electron chi connectivity index (χ3n) is 2.83. The normalized spacial score (nSPS) is 13.7. The molecule has 0 bridgehead atoms. The zero-order valence-corrected chi connectivity index (χ0v) is 11.4. The third-order valence-corrected chi connectivity index (χ3v) is 2.83. The number of carbonyl (C=O) groups excluding carboxylic acids is 1. The second-order valence-electron chi connectivity index (χ2n) is 5.65. The van der Waals surface area contributed by atoms with Crippen molar-refractivity contribution in [2.45, 2.75) is 32.4 Å². The van der Waals surface area contributed by atoms with Gasteiger partial charge in [-0.1, -0.05) is 0 Å². The van der Waals surface area contributed by atoms with E-state index < -0.39 is 6.10 Å². The Kier molecular flexibility index (Phi) is 3.68. The summed E-state index contributed by atoms with van der Waals surface area (Å²) < 4.78 is 0. The molecule has 0 amide bonds. The highest BCUT2D eigenvalue weighted by molar-refractivity contribution is 6.01. The molecule has 2 rings (SSSR count). The first-order valence-electron chi connectivity index (χ1n) is 6.27. The van der Waals surface area contributed by atoms with Gasteiger partial charge in [0, 0.05) is 17.6 Å². The molecular formula is C14H19N3O2. The van der Waals surface area contributed by atoms with Crippen LogP contribution in [0.4, 0.5) is 0 Å². The number of β-amino-alcohol motifs (C(OH)–C–C–N with tert-alkyl or cyclic N) is 1. The molecule has 1 aromatic heterocycles. The number of nitrogens with zero attached hydrogens (tertiary/aromatic N) is 1. The number of H-pyrrole nitrogens is 1. The van der Waals surface area contributed by atoms with Crippen molar-refractivity contribution < 1.29 is 9.90 Å². The van der Waals surface area contributed by atoms with E-state index in [4.69, 9.17) is 0 Å². The number of nitrogens with one attached hydrogen (secondary N) is 2. The number of carbonyl (C=O) groups is 1. The van der Waals surface area contributed by atoms with E-state index >= 15 is 0 Å². The van der Waals surface area contributed by atoms with Crippen LogP contribution in [0.25, 0.3) is 11.0 Å². The van der Waals surface area contributed by atoms with Crippen LogP contribution in [0.15, 0.2) is 24.5 Å². The van der Waals surface area contributed by atoms with E-state index in [-0.39, 0.29) is 17.9 Å². The summed E-state index contributed by atoms with van der Waals surface area (Å²) in [7, 11) is 0. The summed E-state index contributed by atoms with van der Waals surface area (Å²) in [4.78, 5) is 19.2. The van der Waals surface area contributed by atoms with Gasteiger partial charge in [0.2, 0.25) is 0 Å². The predicted molar refractivity (Wildman–Crippen MR) is 74.2 cm³/mol. The van der Waals surface area contributed by atoms with Crippen LogP contribution in [-0.2, 0) is 0 Å². The number of fused-ring (bicyclic) bond motifs is 1. The summed E-state index contributed by atoms with van der Waals surface area (Å²) in [6.07, 6.45) is 0.534. The average molecular weight is 261 g/mol. The van der Waals surface area contributed by atoms with Gasteiger partial charge in [-0.25, -0.2) is 4.98 Å². The van der Waals surface area contributed by atoms with E-state index in [2.05, 4.69) is 15.3 Å². The minimum atomic E-state index is -1.05. The van der Waals surface area contributed by atoms with Crippen LogP contribution in [0, 0.1) is 0 Å². The van der Waals surface area contributed by atoms with E-state index in [0.717, 1.165) is 11.0 Å². The van der Waals surface area contributed by atoms with Crippen LogP contribution in [0.2, 0.25) is 0 Å². The number of aromatic nitrogens is 2. The number of aliphatic hydroxyl groups excluding tert-OH is 1. The van der Waals surface area contributed by atoms with Gasteiger partial charge in [0.15, 0.2) is 5.78 Å². The summed E-state index contributed by atoms with van der Waals surface area (Å²) in [6.45, 7) is 6.20. The van der Waals surface area contributed by atoms with Gasteiger partial charge in [0.1, 0.15) is 6.10 Å². The molecule has 0 fully saturated rings. The van der Waals surface area contributed by atoms with Crippen LogP contribution < -0.4 is 5.32 Å². The predicted octanol–water partition coefficient (Wildman–Crippen LogP) is 1.49. The molecular weight excluding hydrogens is 242 g/mol. The van der Waals surface area contributed by atoms with E-state index in [1.54, 1.807) is 24.5 Å². The van der Waals surface area contributed by atoms with Crippen molar-refractivity contribution in [3.8, 4) is 0 Å². The Morgan fingerprint density at radius 3 is 2.89 bits per heavy atom. The van der Waals surface area contributed by atoms with Crippen molar-refractivity contribution >= 4 is 16.8 Å². The van der Waals surface area contributed by atoms with Gasteiger partial charge in [-0.15, -0.1) is 0 Å². The quantitative estimate of drug-likeness (QED) is 0.729. The lowest BCUT2D eigenvalue weighted by Gasteiger charge is -2.22. The van der Waals surface area contributed by atoms with Gasteiger partial charge in [0.25, 0.3) is 0 Å². The molecule has 0 aliphatic carbocycles. The molecule has 1 aromatic carbocycles. The molecule has 3 N–H and O–H groups in total. The Labute approximate surface area is 112 Å². The molecule has 19 heavy (non-hydrogen) atoms. The molecule has 0 aliphatic rings. The molecule has 5 nitrogen and oxygen atoms in total. The monoisotopic (exact) mass is 261 g/mol. The number of aliphatic hydroxyl groups is 1. The standard InChI is InChI=1S/C14H19N3O2/c1-14(2,3)17-7-12(18)13(19)9-4-5-10-11(6-9)16-8-15-10/h4-6,8,12,17-18H,7H2,1-3H3,(H,15,16). The van der Waals surface area contributed by atoms with E-state index in [1.807, 2.05) is 20.8 Å². The number of benzene rings is 1. The summed E-state index contributed by atoms with van der Waals surface area (Å²) >= 11 is 0. The van der Waals surface area contributed by atoms with Crippen molar-refractivity contribution in [2.24, 2.45) is 0 Å². The minimum Gasteiger partial charge on any atom is -0.384 e. The number of imidazole rings is 1.